The topological polar surface area (TPSA) is 46.3 Å². The van der Waals surface area contributed by atoms with Crippen LogP contribution in [-0.2, 0) is 4.79 Å². The van der Waals surface area contributed by atoms with E-state index in [1.54, 1.807) is 0 Å². The van der Waals surface area contributed by atoms with Crippen LogP contribution in [0.4, 0.5) is 0 Å². The Morgan fingerprint density at radius 2 is 2.38 bits per heavy atom. The average molecular weight is 205 g/mol. The summed E-state index contributed by atoms with van der Waals surface area (Å²) in [6, 6.07) is 0.175. The fourth-order valence-electron chi connectivity index (χ4n) is 1.61. The van der Waals surface area contributed by atoms with Gasteiger partial charge in [0.15, 0.2) is 0 Å². The monoisotopic (exact) mass is 204 g/mol. The number of alkyl halides is 1. The van der Waals surface area contributed by atoms with Crippen LogP contribution in [0.15, 0.2) is 0 Å². The number of rotatable bonds is 3. The summed E-state index contributed by atoms with van der Waals surface area (Å²) in [4.78, 5) is 13.4. The van der Waals surface area contributed by atoms with E-state index in [-0.39, 0.29) is 11.9 Å². The van der Waals surface area contributed by atoms with Crippen LogP contribution in [0, 0.1) is 0 Å². The Labute approximate surface area is 84.2 Å². The van der Waals surface area contributed by atoms with Crippen LogP contribution in [0.2, 0.25) is 0 Å². The van der Waals surface area contributed by atoms with Gasteiger partial charge in [0.05, 0.1) is 0 Å². The molecule has 0 aromatic rings. The zero-order valence-corrected chi connectivity index (χ0v) is 8.59. The number of halogens is 1. The summed E-state index contributed by atoms with van der Waals surface area (Å²) in [5.74, 6) is 0.766. The Balaban J connectivity index is 2.28. The van der Waals surface area contributed by atoms with Gasteiger partial charge in [-0.1, -0.05) is 0 Å². The molecule has 1 rings (SSSR count). The van der Waals surface area contributed by atoms with E-state index in [1.165, 1.54) is 0 Å². The Bertz CT molecular complexity index is 175. The lowest BCUT2D eigenvalue weighted by Gasteiger charge is -2.30. The molecule has 1 amide bonds. The normalized spacial score (nSPS) is 23.2. The summed E-state index contributed by atoms with van der Waals surface area (Å²) >= 11 is 5.52. The fraction of sp³-hybridized carbons (Fsp3) is 0.889. The van der Waals surface area contributed by atoms with E-state index in [9.17, 15) is 4.79 Å². The van der Waals surface area contributed by atoms with Crippen LogP contribution in [0.1, 0.15) is 25.7 Å². The molecule has 1 saturated heterocycles. The van der Waals surface area contributed by atoms with Gasteiger partial charge in [-0.2, -0.15) is 0 Å². The summed E-state index contributed by atoms with van der Waals surface area (Å²) in [5.41, 5.74) is 5.77. The van der Waals surface area contributed by atoms with Gasteiger partial charge in [0, 0.05) is 31.4 Å². The van der Waals surface area contributed by atoms with Crippen LogP contribution in [0.3, 0.4) is 0 Å². The highest BCUT2D eigenvalue weighted by molar-refractivity contribution is 6.17. The Morgan fingerprint density at radius 1 is 1.62 bits per heavy atom. The number of likely N-dealkylation sites (tertiary alicyclic amines) is 1. The Morgan fingerprint density at radius 3 is 3.00 bits per heavy atom. The minimum atomic E-state index is 0.175. The molecule has 13 heavy (non-hydrogen) atoms. The van der Waals surface area contributed by atoms with Gasteiger partial charge in [-0.05, 0) is 19.3 Å². The second-order valence-electron chi connectivity index (χ2n) is 3.53. The smallest absolute Gasteiger partial charge is 0.222 e. The van der Waals surface area contributed by atoms with Crippen LogP contribution in [0.25, 0.3) is 0 Å². The van der Waals surface area contributed by atoms with E-state index in [2.05, 4.69) is 0 Å². The van der Waals surface area contributed by atoms with Gasteiger partial charge >= 0.3 is 0 Å². The van der Waals surface area contributed by atoms with Crippen molar-refractivity contribution >= 4 is 17.5 Å². The third-order valence-corrected chi connectivity index (χ3v) is 2.60. The number of hydrogen-bond acceptors (Lipinski definition) is 2. The second kappa shape index (κ2) is 5.45. The van der Waals surface area contributed by atoms with Crippen molar-refractivity contribution < 1.29 is 4.79 Å². The van der Waals surface area contributed by atoms with E-state index in [0.717, 1.165) is 32.4 Å². The van der Waals surface area contributed by atoms with Crippen molar-refractivity contribution in [1.82, 2.24) is 4.90 Å². The molecule has 0 aromatic carbocycles. The number of piperidine rings is 1. The molecule has 0 saturated carbocycles. The van der Waals surface area contributed by atoms with Gasteiger partial charge in [-0.25, -0.2) is 0 Å². The molecule has 1 atom stereocenters. The maximum atomic E-state index is 11.5. The highest BCUT2D eigenvalue weighted by Crippen LogP contribution is 2.10. The molecule has 3 nitrogen and oxygen atoms in total. The van der Waals surface area contributed by atoms with E-state index in [1.807, 2.05) is 4.90 Å². The first-order chi connectivity index (χ1) is 6.24. The highest BCUT2D eigenvalue weighted by Gasteiger charge is 2.20. The highest BCUT2D eigenvalue weighted by atomic mass is 35.5. The van der Waals surface area contributed by atoms with Gasteiger partial charge in [-0.3, -0.25) is 4.79 Å². The van der Waals surface area contributed by atoms with E-state index in [4.69, 9.17) is 17.3 Å². The molecule has 1 fully saturated rings. The van der Waals surface area contributed by atoms with E-state index >= 15 is 0 Å². The van der Waals surface area contributed by atoms with Crippen molar-refractivity contribution in [1.29, 1.82) is 0 Å². The largest absolute Gasteiger partial charge is 0.341 e. The molecular weight excluding hydrogens is 188 g/mol. The second-order valence-corrected chi connectivity index (χ2v) is 3.91. The molecule has 2 N–H and O–H groups in total. The summed E-state index contributed by atoms with van der Waals surface area (Å²) in [7, 11) is 0. The number of carbonyl (C=O) groups excluding carboxylic acids is 1. The first-order valence-corrected chi connectivity index (χ1v) is 5.37. The molecule has 1 aliphatic heterocycles. The molecule has 0 aliphatic carbocycles. The Kier molecular flexibility index (Phi) is 4.53. The lowest BCUT2D eigenvalue weighted by atomic mass is 10.1. The number of nitrogens with zero attached hydrogens (tertiary/aromatic N) is 1. The molecule has 1 heterocycles. The van der Waals surface area contributed by atoms with E-state index < -0.39 is 0 Å². The maximum absolute atomic E-state index is 11.5. The summed E-state index contributed by atoms with van der Waals surface area (Å²) < 4.78 is 0. The lowest BCUT2D eigenvalue weighted by molar-refractivity contribution is -0.132. The number of amides is 1. The van der Waals surface area contributed by atoms with Crippen molar-refractivity contribution in [3.05, 3.63) is 0 Å². The molecule has 0 spiro atoms. The van der Waals surface area contributed by atoms with E-state index in [0.29, 0.717) is 12.3 Å². The van der Waals surface area contributed by atoms with Crippen molar-refractivity contribution in [3.63, 3.8) is 0 Å². The van der Waals surface area contributed by atoms with Crippen LogP contribution < -0.4 is 5.73 Å². The number of carbonyl (C=O) groups is 1. The van der Waals surface area contributed by atoms with Gasteiger partial charge in [0.25, 0.3) is 0 Å². The molecule has 0 aromatic heterocycles. The molecule has 0 radical (unpaired) electrons. The predicted octanol–water partition coefficient (Wildman–Crippen LogP) is 0.955. The van der Waals surface area contributed by atoms with Crippen molar-refractivity contribution in [2.75, 3.05) is 19.0 Å². The summed E-state index contributed by atoms with van der Waals surface area (Å²) in [6.45, 7) is 1.59. The van der Waals surface area contributed by atoms with Crippen LogP contribution in [0.5, 0.6) is 0 Å². The molecule has 0 bridgehead atoms. The lowest BCUT2D eigenvalue weighted by Crippen LogP contribution is -2.45. The van der Waals surface area contributed by atoms with Gasteiger partial charge < -0.3 is 10.6 Å². The fourth-order valence-corrected chi connectivity index (χ4v) is 1.75. The molecule has 1 unspecified atom stereocenters. The van der Waals surface area contributed by atoms with Crippen LogP contribution in [-0.4, -0.2) is 35.8 Å². The summed E-state index contributed by atoms with van der Waals surface area (Å²) in [6.07, 6.45) is 3.41. The molecule has 4 heteroatoms. The quantitative estimate of drug-likeness (QED) is 0.696. The minimum absolute atomic E-state index is 0.175. The van der Waals surface area contributed by atoms with Gasteiger partial charge in [0.2, 0.25) is 5.91 Å². The minimum Gasteiger partial charge on any atom is -0.341 e. The average Bonchev–Trinajstić information content (AvgIpc) is 2.14. The van der Waals surface area contributed by atoms with Crippen LogP contribution >= 0.6 is 11.6 Å². The third-order valence-electron chi connectivity index (χ3n) is 2.33. The van der Waals surface area contributed by atoms with Gasteiger partial charge in [0.1, 0.15) is 0 Å². The molecule has 1 aliphatic rings. The zero-order valence-electron chi connectivity index (χ0n) is 7.84. The number of nitrogens with two attached hydrogens (primary N) is 1. The first kappa shape index (κ1) is 10.8. The SMILES string of the molecule is NC1CCCN(C(=O)CCCCl)C1. The maximum Gasteiger partial charge on any atom is 0.222 e. The molecule has 76 valence electrons. The Hall–Kier alpha value is -0.280. The number of hydrogen-bond donors (Lipinski definition) is 1. The molecular formula is C9H17ClN2O. The third kappa shape index (κ3) is 3.53. The predicted molar refractivity (Wildman–Crippen MR) is 53.7 cm³/mol. The zero-order chi connectivity index (χ0) is 9.68. The van der Waals surface area contributed by atoms with Crippen molar-refractivity contribution in [2.45, 2.75) is 31.7 Å². The standard InChI is InChI=1S/C9H17ClN2O/c10-5-1-4-9(13)12-6-2-3-8(11)7-12/h8H,1-7,11H2. The summed E-state index contributed by atoms with van der Waals surface area (Å²) in [5, 5.41) is 0. The van der Waals surface area contributed by atoms with Crippen molar-refractivity contribution in [2.24, 2.45) is 5.73 Å². The first-order valence-electron chi connectivity index (χ1n) is 4.83. The van der Waals surface area contributed by atoms with Gasteiger partial charge in [-0.15, -0.1) is 11.6 Å². The van der Waals surface area contributed by atoms with Crippen molar-refractivity contribution in [3.8, 4) is 0 Å².